The first-order valence-corrected chi connectivity index (χ1v) is 19.0. The molecule has 0 unspecified atom stereocenters. The highest BCUT2D eigenvalue weighted by atomic mass is 32.2. The number of hydrogen-bond acceptors (Lipinski definition) is 14. The molecule has 0 bridgehead atoms. The average Bonchev–Trinajstić information content (AvgIpc) is 3.78. The Morgan fingerprint density at radius 1 is 0.865 bits per heavy atom. The lowest BCUT2D eigenvalue weighted by Crippen LogP contribution is -2.43. The molecule has 8 rings (SSSR count). The summed E-state index contributed by atoms with van der Waals surface area (Å²) < 4.78 is 68.1. The van der Waals surface area contributed by atoms with Gasteiger partial charge in [-0.15, -0.1) is 0 Å². The number of amides is 1. The number of sulfonamides is 1. The fourth-order valence-electron chi connectivity index (χ4n) is 6.33. The number of carbonyl (C=O) groups excluding carboxylic acids is 1. The molecular formula is C33H31B2N5O10S2. The normalized spacial score (nSPS) is 15.9. The average molecular weight is 743 g/mol. The summed E-state index contributed by atoms with van der Waals surface area (Å²) in [6, 6.07) is 18.9. The molecule has 15 nitrogen and oxygen atoms in total. The molecule has 0 radical (unpaired) electrons. The van der Waals surface area contributed by atoms with Crippen molar-refractivity contribution in [1.82, 2.24) is 10.1 Å². The maximum atomic E-state index is 13.1. The molecule has 52 heavy (non-hydrogen) atoms. The Kier molecular flexibility index (Phi) is 9.18. The van der Waals surface area contributed by atoms with Crippen LogP contribution >= 0.6 is 0 Å². The van der Waals surface area contributed by atoms with Gasteiger partial charge < -0.3 is 35.3 Å². The summed E-state index contributed by atoms with van der Waals surface area (Å²) in [5, 5.41) is 23.4. The van der Waals surface area contributed by atoms with Gasteiger partial charge >= 0.3 is 14.2 Å². The van der Waals surface area contributed by atoms with E-state index in [0.717, 1.165) is 15.4 Å². The SMILES string of the molecule is Cc1noc(Cc2cc(N)ccc2S(=O)(=O)Cc2ccc3c(c2)B(O)OC3)n1.Nc1ccc2c(c1)CC(=O)N(c1ccc3c(c1)B(O)OC3)S2(=O)=O. The molecular weight excluding hydrogens is 712 g/mol. The highest BCUT2D eigenvalue weighted by Crippen LogP contribution is 2.33. The number of aryl methyl sites for hydroxylation is 1. The molecule has 0 aliphatic carbocycles. The van der Waals surface area contributed by atoms with Crippen LogP contribution < -0.4 is 26.7 Å². The molecule has 0 fully saturated rings. The van der Waals surface area contributed by atoms with E-state index in [1.807, 2.05) is 0 Å². The smallest absolute Gasteiger partial charge is 0.423 e. The van der Waals surface area contributed by atoms with Gasteiger partial charge in [0.05, 0.1) is 47.3 Å². The molecule has 5 aromatic rings. The van der Waals surface area contributed by atoms with Crippen LogP contribution in [0.2, 0.25) is 0 Å². The summed E-state index contributed by atoms with van der Waals surface area (Å²) in [6.07, 6.45) is 0.104. The second-order valence-electron chi connectivity index (χ2n) is 12.5. The third-order valence-corrected chi connectivity index (χ3v) is 12.4. The Labute approximate surface area is 299 Å². The van der Waals surface area contributed by atoms with Crippen molar-refractivity contribution < 1.29 is 45.5 Å². The molecule has 3 aliphatic rings. The molecule has 4 aromatic carbocycles. The summed E-state index contributed by atoms with van der Waals surface area (Å²) in [4.78, 5) is 16.8. The lowest BCUT2D eigenvalue weighted by atomic mass is 9.79. The van der Waals surface area contributed by atoms with Crippen LogP contribution in [0.15, 0.2) is 87.1 Å². The van der Waals surface area contributed by atoms with Crippen LogP contribution in [0.3, 0.4) is 0 Å². The van der Waals surface area contributed by atoms with Crippen LogP contribution in [0.25, 0.3) is 0 Å². The van der Waals surface area contributed by atoms with Gasteiger partial charge in [-0.05, 0) is 94.2 Å². The van der Waals surface area contributed by atoms with Crippen molar-refractivity contribution in [3.8, 4) is 0 Å². The topological polar surface area (TPSA) is 238 Å². The molecule has 0 atom stereocenters. The molecule has 4 heterocycles. The summed E-state index contributed by atoms with van der Waals surface area (Å²) >= 11 is 0. The minimum Gasteiger partial charge on any atom is -0.423 e. The van der Waals surface area contributed by atoms with Gasteiger partial charge in [0, 0.05) is 11.4 Å². The number of nitrogens with zero attached hydrogens (tertiary/aromatic N) is 3. The van der Waals surface area contributed by atoms with Gasteiger partial charge in [0.2, 0.25) is 11.8 Å². The fourth-order valence-corrected chi connectivity index (χ4v) is 9.54. The van der Waals surface area contributed by atoms with E-state index in [1.165, 1.54) is 36.4 Å². The number of fused-ring (bicyclic) bond motifs is 3. The van der Waals surface area contributed by atoms with Crippen molar-refractivity contribution in [2.24, 2.45) is 0 Å². The second-order valence-corrected chi connectivity index (χ2v) is 16.2. The van der Waals surface area contributed by atoms with Crippen molar-refractivity contribution in [2.45, 2.75) is 48.5 Å². The number of rotatable bonds is 6. The molecule has 266 valence electrons. The Bertz CT molecular complexity index is 2460. The van der Waals surface area contributed by atoms with Gasteiger partial charge in [-0.25, -0.2) is 21.1 Å². The van der Waals surface area contributed by atoms with Crippen LogP contribution in [0, 0.1) is 6.92 Å². The minimum absolute atomic E-state index is 0.0598. The standard InChI is InChI=1S/C18H18BN3O5S.C15H13BN2O5S/c1-11-21-18(27-22-11)8-14-7-15(20)4-5-17(14)28(24,25)10-12-2-3-13-9-26-19(23)16(13)6-12;17-11-2-4-14-10(5-11)6-15(19)18(24(14,21)22)12-3-1-9-8-23-16(20)13(9)7-12/h2-7,23H,8-10,20H2,1H3;1-5,7,20H,6,8,17H2. The number of nitrogen functional groups attached to an aromatic ring is 2. The fraction of sp³-hybridized carbons (Fsp3) is 0.182. The largest absolute Gasteiger partial charge is 0.491 e. The maximum Gasteiger partial charge on any atom is 0.491 e. The first-order chi connectivity index (χ1) is 24.7. The van der Waals surface area contributed by atoms with Gasteiger partial charge in [0.25, 0.3) is 10.0 Å². The van der Waals surface area contributed by atoms with Crippen LogP contribution in [0.5, 0.6) is 0 Å². The van der Waals surface area contributed by atoms with Crippen LogP contribution in [-0.4, -0.2) is 57.2 Å². The molecule has 3 aliphatic heterocycles. The van der Waals surface area contributed by atoms with E-state index in [-0.39, 0.29) is 40.7 Å². The zero-order valence-electron chi connectivity index (χ0n) is 27.6. The third kappa shape index (κ3) is 6.81. The summed E-state index contributed by atoms with van der Waals surface area (Å²) in [7, 11) is -9.85. The minimum atomic E-state index is -4.03. The Morgan fingerprint density at radius 2 is 1.52 bits per heavy atom. The van der Waals surface area contributed by atoms with Crippen molar-refractivity contribution in [1.29, 1.82) is 0 Å². The highest BCUT2D eigenvalue weighted by Gasteiger charge is 2.39. The molecule has 0 saturated heterocycles. The summed E-state index contributed by atoms with van der Waals surface area (Å²) in [5.41, 5.74) is 16.7. The van der Waals surface area contributed by atoms with Gasteiger partial charge in [-0.3, -0.25) is 4.79 Å². The van der Waals surface area contributed by atoms with Crippen LogP contribution in [0.4, 0.5) is 17.1 Å². The molecule has 0 spiro atoms. The lowest BCUT2D eigenvalue weighted by Gasteiger charge is -2.28. The summed E-state index contributed by atoms with van der Waals surface area (Å²) in [5.74, 6) is 0.00768. The number of carbonyl (C=O) groups is 1. The highest BCUT2D eigenvalue weighted by molar-refractivity contribution is 7.93. The molecule has 1 aromatic heterocycles. The molecule has 6 N–H and O–H groups in total. The first-order valence-electron chi connectivity index (χ1n) is 15.9. The van der Waals surface area contributed by atoms with Gasteiger partial charge in [0.1, 0.15) is 0 Å². The number of hydrogen-bond donors (Lipinski definition) is 4. The zero-order chi connectivity index (χ0) is 36.9. The quantitative estimate of drug-likeness (QED) is 0.137. The van der Waals surface area contributed by atoms with Gasteiger partial charge in [-0.2, -0.15) is 4.98 Å². The number of nitrogens with two attached hydrogens (primary N) is 2. The van der Waals surface area contributed by atoms with E-state index < -0.39 is 40.0 Å². The van der Waals surface area contributed by atoms with Crippen LogP contribution in [-0.2, 0) is 65.8 Å². The second kappa shape index (κ2) is 13.5. The van der Waals surface area contributed by atoms with Crippen molar-refractivity contribution in [3.63, 3.8) is 0 Å². The zero-order valence-corrected chi connectivity index (χ0v) is 29.2. The maximum absolute atomic E-state index is 13.1. The number of anilines is 3. The van der Waals surface area contributed by atoms with E-state index in [4.69, 9.17) is 25.3 Å². The molecule has 19 heteroatoms. The first kappa shape index (κ1) is 35.4. The van der Waals surface area contributed by atoms with E-state index in [9.17, 15) is 31.7 Å². The van der Waals surface area contributed by atoms with E-state index in [0.29, 0.717) is 57.3 Å². The number of benzene rings is 4. The Hall–Kier alpha value is -5.04. The van der Waals surface area contributed by atoms with E-state index >= 15 is 0 Å². The van der Waals surface area contributed by atoms with Gasteiger partial charge in [0.15, 0.2) is 15.7 Å². The van der Waals surface area contributed by atoms with Gasteiger partial charge in [-0.1, -0.05) is 29.4 Å². The Morgan fingerprint density at radius 3 is 2.21 bits per heavy atom. The third-order valence-electron chi connectivity index (χ3n) is 8.76. The van der Waals surface area contributed by atoms with Crippen LogP contribution in [0.1, 0.15) is 39.5 Å². The number of aromatic nitrogens is 2. The number of sulfone groups is 1. The molecule has 1 amide bonds. The monoisotopic (exact) mass is 743 g/mol. The predicted molar refractivity (Wildman–Crippen MR) is 190 cm³/mol. The predicted octanol–water partition coefficient (Wildman–Crippen LogP) is 0.507. The summed E-state index contributed by atoms with van der Waals surface area (Å²) in [6.45, 7) is 2.25. The van der Waals surface area contributed by atoms with Crippen molar-refractivity contribution in [3.05, 3.63) is 112 Å². The van der Waals surface area contributed by atoms with E-state index in [2.05, 4.69) is 10.1 Å². The molecule has 0 saturated carbocycles. The van der Waals surface area contributed by atoms with Crippen molar-refractivity contribution in [2.75, 3.05) is 15.8 Å². The Balaban J connectivity index is 0.000000164. The van der Waals surface area contributed by atoms with E-state index in [1.54, 1.807) is 43.3 Å². The van der Waals surface area contributed by atoms with Crippen molar-refractivity contribution >= 4 is 68.0 Å². The lowest BCUT2D eigenvalue weighted by molar-refractivity contribution is -0.117.